The van der Waals surface area contributed by atoms with E-state index in [4.69, 9.17) is 9.47 Å². The van der Waals surface area contributed by atoms with Crippen LogP contribution in [-0.4, -0.2) is 19.3 Å². The summed E-state index contributed by atoms with van der Waals surface area (Å²) < 4.78 is 11.3. The van der Waals surface area contributed by atoms with Crippen molar-refractivity contribution < 1.29 is 9.47 Å². The van der Waals surface area contributed by atoms with E-state index in [2.05, 4.69) is 52.0 Å². The smallest absolute Gasteiger partial charge is 0.119 e. The van der Waals surface area contributed by atoms with Gasteiger partial charge in [-0.05, 0) is 56.7 Å². The summed E-state index contributed by atoms with van der Waals surface area (Å²) in [6.45, 7) is 10.2. The summed E-state index contributed by atoms with van der Waals surface area (Å²) in [5.41, 5.74) is 1.35. The zero-order valence-corrected chi connectivity index (χ0v) is 12.8. The monoisotopic (exact) mass is 264 g/mol. The van der Waals surface area contributed by atoms with E-state index in [1.54, 1.807) is 0 Å². The summed E-state index contributed by atoms with van der Waals surface area (Å²) in [5, 5.41) is 0. The molecule has 1 unspecified atom stereocenters. The van der Waals surface area contributed by atoms with Crippen LogP contribution in [0.5, 0.6) is 5.75 Å². The van der Waals surface area contributed by atoms with Gasteiger partial charge in [0.05, 0.1) is 12.7 Å². The summed E-state index contributed by atoms with van der Waals surface area (Å²) >= 11 is 0. The second-order valence-corrected chi connectivity index (χ2v) is 5.45. The molecule has 0 N–H and O–H groups in total. The molecule has 0 amide bonds. The molecule has 0 heterocycles. The molecule has 0 aliphatic rings. The Balaban J connectivity index is 2.14. The zero-order valence-electron chi connectivity index (χ0n) is 12.8. The van der Waals surface area contributed by atoms with Crippen molar-refractivity contribution in [3.05, 3.63) is 29.8 Å². The molecule has 19 heavy (non-hydrogen) atoms. The molecule has 2 nitrogen and oxygen atoms in total. The van der Waals surface area contributed by atoms with Crippen molar-refractivity contribution in [1.29, 1.82) is 0 Å². The lowest BCUT2D eigenvalue weighted by molar-refractivity contribution is 0.0678. The first kappa shape index (κ1) is 16.0. The van der Waals surface area contributed by atoms with Gasteiger partial charge in [-0.2, -0.15) is 0 Å². The van der Waals surface area contributed by atoms with Gasteiger partial charge in [0.2, 0.25) is 0 Å². The predicted molar refractivity (Wildman–Crippen MR) is 80.8 cm³/mol. The molecule has 0 saturated heterocycles. The zero-order chi connectivity index (χ0) is 14.1. The van der Waals surface area contributed by atoms with Crippen LogP contribution in [0.2, 0.25) is 0 Å². The molecule has 0 saturated carbocycles. The largest absolute Gasteiger partial charge is 0.494 e. The second kappa shape index (κ2) is 8.98. The topological polar surface area (TPSA) is 18.5 Å². The SMILES string of the molecule is CCc1ccc(OCCC(C)CCOC(C)C)cc1. The van der Waals surface area contributed by atoms with Gasteiger partial charge in [-0.1, -0.05) is 26.0 Å². The average Bonchev–Trinajstić information content (AvgIpc) is 2.39. The maximum atomic E-state index is 5.76. The summed E-state index contributed by atoms with van der Waals surface area (Å²) in [6, 6.07) is 8.39. The lowest BCUT2D eigenvalue weighted by atomic mass is 10.1. The van der Waals surface area contributed by atoms with Crippen LogP contribution in [0.1, 0.15) is 46.1 Å². The Morgan fingerprint density at radius 2 is 1.58 bits per heavy atom. The fourth-order valence-corrected chi connectivity index (χ4v) is 1.85. The van der Waals surface area contributed by atoms with Gasteiger partial charge < -0.3 is 9.47 Å². The first-order chi connectivity index (χ1) is 9.11. The van der Waals surface area contributed by atoms with E-state index in [1.807, 2.05) is 0 Å². The van der Waals surface area contributed by atoms with E-state index in [9.17, 15) is 0 Å². The van der Waals surface area contributed by atoms with Crippen molar-refractivity contribution in [2.75, 3.05) is 13.2 Å². The summed E-state index contributed by atoms with van der Waals surface area (Å²) in [4.78, 5) is 0. The predicted octanol–water partition coefficient (Wildman–Crippen LogP) is 4.47. The number of hydrogen-bond acceptors (Lipinski definition) is 2. The van der Waals surface area contributed by atoms with E-state index in [-0.39, 0.29) is 0 Å². The second-order valence-electron chi connectivity index (χ2n) is 5.45. The van der Waals surface area contributed by atoms with Gasteiger partial charge >= 0.3 is 0 Å². The molecule has 0 fully saturated rings. The van der Waals surface area contributed by atoms with Crippen LogP contribution >= 0.6 is 0 Å². The molecule has 0 aromatic heterocycles. The highest BCUT2D eigenvalue weighted by Crippen LogP contribution is 2.14. The molecule has 0 aliphatic carbocycles. The highest BCUT2D eigenvalue weighted by Gasteiger charge is 2.04. The number of rotatable bonds is 9. The minimum atomic E-state index is 0.334. The Hall–Kier alpha value is -1.02. The minimum absolute atomic E-state index is 0.334. The van der Waals surface area contributed by atoms with Gasteiger partial charge in [0.25, 0.3) is 0 Å². The first-order valence-electron chi connectivity index (χ1n) is 7.45. The summed E-state index contributed by atoms with van der Waals surface area (Å²) in [5.74, 6) is 1.62. The van der Waals surface area contributed by atoms with Crippen LogP contribution in [-0.2, 0) is 11.2 Å². The molecule has 2 heteroatoms. The highest BCUT2D eigenvalue weighted by molar-refractivity contribution is 5.27. The van der Waals surface area contributed by atoms with Crippen molar-refractivity contribution in [1.82, 2.24) is 0 Å². The Labute approximate surface area is 118 Å². The minimum Gasteiger partial charge on any atom is -0.494 e. The molecule has 0 bridgehead atoms. The average molecular weight is 264 g/mol. The lowest BCUT2D eigenvalue weighted by Crippen LogP contribution is -2.10. The van der Waals surface area contributed by atoms with Crippen LogP contribution in [0.25, 0.3) is 0 Å². The van der Waals surface area contributed by atoms with Crippen molar-refractivity contribution in [3.8, 4) is 5.75 Å². The van der Waals surface area contributed by atoms with E-state index in [1.165, 1.54) is 5.56 Å². The number of hydrogen-bond donors (Lipinski definition) is 0. The maximum absolute atomic E-state index is 5.76. The molecule has 1 rings (SSSR count). The standard InChI is InChI=1S/C17H28O2/c1-5-16-6-8-17(9-7-16)19-13-11-15(4)10-12-18-14(2)3/h6-9,14-15H,5,10-13H2,1-4H3. The van der Waals surface area contributed by atoms with Gasteiger partial charge in [-0.3, -0.25) is 0 Å². The fraction of sp³-hybridized carbons (Fsp3) is 0.647. The quantitative estimate of drug-likeness (QED) is 0.655. The Kier molecular flexibility index (Phi) is 7.57. The third kappa shape index (κ3) is 7.22. The molecule has 0 aliphatic heterocycles. The molecule has 0 radical (unpaired) electrons. The van der Waals surface area contributed by atoms with Crippen molar-refractivity contribution in [3.63, 3.8) is 0 Å². The van der Waals surface area contributed by atoms with Crippen molar-refractivity contribution >= 4 is 0 Å². The highest BCUT2D eigenvalue weighted by atomic mass is 16.5. The normalized spacial score (nSPS) is 12.7. The molecule has 1 atom stereocenters. The van der Waals surface area contributed by atoms with Crippen molar-refractivity contribution in [2.24, 2.45) is 5.92 Å². The Bertz CT molecular complexity index is 330. The van der Waals surface area contributed by atoms with E-state index >= 15 is 0 Å². The summed E-state index contributed by atoms with van der Waals surface area (Å²) in [7, 11) is 0. The van der Waals surface area contributed by atoms with Crippen LogP contribution in [0.15, 0.2) is 24.3 Å². The Morgan fingerprint density at radius 1 is 0.947 bits per heavy atom. The number of ether oxygens (including phenoxy) is 2. The van der Waals surface area contributed by atoms with Gasteiger partial charge in [0, 0.05) is 6.61 Å². The van der Waals surface area contributed by atoms with Gasteiger partial charge in [0.1, 0.15) is 5.75 Å². The third-order valence-electron chi connectivity index (χ3n) is 3.27. The molecule has 1 aromatic rings. The van der Waals surface area contributed by atoms with E-state index in [0.717, 1.165) is 38.2 Å². The van der Waals surface area contributed by atoms with Gasteiger partial charge in [-0.25, -0.2) is 0 Å². The Morgan fingerprint density at radius 3 is 2.16 bits per heavy atom. The van der Waals surface area contributed by atoms with Crippen LogP contribution in [0, 0.1) is 5.92 Å². The number of benzene rings is 1. The van der Waals surface area contributed by atoms with Crippen molar-refractivity contribution in [2.45, 2.75) is 53.1 Å². The molecular weight excluding hydrogens is 236 g/mol. The van der Waals surface area contributed by atoms with E-state index < -0.39 is 0 Å². The maximum Gasteiger partial charge on any atom is 0.119 e. The van der Waals surface area contributed by atoms with Gasteiger partial charge in [0.15, 0.2) is 0 Å². The molecule has 1 aromatic carbocycles. The third-order valence-corrected chi connectivity index (χ3v) is 3.27. The first-order valence-corrected chi connectivity index (χ1v) is 7.45. The number of aryl methyl sites for hydroxylation is 1. The van der Waals surface area contributed by atoms with Gasteiger partial charge in [-0.15, -0.1) is 0 Å². The molecule has 108 valence electrons. The molecular formula is C17H28O2. The van der Waals surface area contributed by atoms with Crippen LogP contribution in [0.4, 0.5) is 0 Å². The van der Waals surface area contributed by atoms with Crippen LogP contribution in [0.3, 0.4) is 0 Å². The lowest BCUT2D eigenvalue weighted by Gasteiger charge is -2.14. The summed E-state index contributed by atoms with van der Waals surface area (Å²) in [6.07, 6.45) is 3.60. The van der Waals surface area contributed by atoms with E-state index in [0.29, 0.717) is 12.0 Å². The molecule has 0 spiro atoms. The van der Waals surface area contributed by atoms with Crippen LogP contribution < -0.4 is 4.74 Å². The fourth-order valence-electron chi connectivity index (χ4n) is 1.85.